The summed E-state index contributed by atoms with van der Waals surface area (Å²) >= 11 is 0. The average Bonchev–Trinajstić information content (AvgIpc) is 1.41. The van der Waals surface area contributed by atoms with E-state index in [1.807, 2.05) is 0 Å². The standard InChI is InChI=1S/C4H10O.ClH.Zn/c1-2-3-4-5;;/h5H,2-4H2,1H3;1H;/p-1. The third-order valence-corrected chi connectivity index (χ3v) is 0.512. The molecule has 7 heavy (non-hydrogen) atoms. The van der Waals surface area contributed by atoms with Gasteiger partial charge in [-0.25, -0.2) is 0 Å². The molecule has 0 unspecified atom stereocenters. The van der Waals surface area contributed by atoms with Crippen molar-refractivity contribution >= 4 is 0 Å². The van der Waals surface area contributed by atoms with E-state index >= 15 is 0 Å². The van der Waals surface area contributed by atoms with E-state index in [-0.39, 0.29) is 31.9 Å². The third-order valence-electron chi connectivity index (χ3n) is 0.512. The van der Waals surface area contributed by atoms with E-state index in [2.05, 4.69) is 6.92 Å². The van der Waals surface area contributed by atoms with Gasteiger partial charge in [0.2, 0.25) is 0 Å². The van der Waals surface area contributed by atoms with Crippen molar-refractivity contribution in [3.63, 3.8) is 0 Å². The van der Waals surface area contributed by atoms with Crippen LogP contribution in [0.25, 0.3) is 0 Å². The van der Waals surface area contributed by atoms with Crippen molar-refractivity contribution in [2.45, 2.75) is 19.8 Å². The molecule has 0 aromatic rings. The van der Waals surface area contributed by atoms with Gasteiger partial charge in [0, 0.05) is 26.1 Å². The van der Waals surface area contributed by atoms with Crippen LogP contribution in [0, 0.1) is 0 Å². The van der Waals surface area contributed by atoms with Crippen LogP contribution in [0.5, 0.6) is 0 Å². The molecule has 42 valence electrons. The van der Waals surface area contributed by atoms with Gasteiger partial charge in [-0.3, -0.25) is 0 Å². The van der Waals surface area contributed by atoms with Crippen molar-refractivity contribution in [3.05, 3.63) is 0 Å². The Bertz CT molecular complexity index is 19.2. The Balaban J connectivity index is -0.0000000800. The van der Waals surface area contributed by atoms with E-state index in [1.165, 1.54) is 0 Å². The normalized spacial score (nSPS) is 6.00. The summed E-state index contributed by atoms with van der Waals surface area (Å²) in [6, 6.07) is 0. The third kappa shape index (κ3) is 19.8. The molecule has 0 spiro atoms. The molecule has 0 fully saturated rings. The van der Waals surface area contributed by atoms with Gasteiger partial charge in [-0.05, 0) is 6.42 Å². The first kappa shape index (κ1) is 15.7. The van der Waals surface area contributed by atoms with E-state index in [9.17, 15) is 0 Å². The van der Waals surface area contributed by atoms with Crippen molar-refractivity contribution in [1.29, 1.82) is 0 Å². The second kappa shape index (κ2) is 15.8. The van der Waals surface area contributed by atoms with Crippen molar-refractivity contribution in [2.24, 2.45) is 0 Å². The monoisotopic (exact) mass is 173 g/mol. The molecule has 0 aliphatic rings. The molecule has 0 aromatic heterocycles. The quantitative estimate of drug-likeness (QED) is 0.471. The number of halogens is 1. The molecule has 0 amide bonds. The van der Waals surface area contributed by atoms with Gasteiger partial charge in [0.25, 0.3) is 0 Å². The van der Waals surface area contributed by atoms with Gasteiger partial charge in [-0.15, -0.1) is 0 Å². The molecule has 0 rings (SSSR count). The van der Waals surface area contributed by atoms with E-state index < -0.39 is 0 Å². The Morgan fingerprint density at radius 2 is 1.86 bits per heavy atom. The van der Waals surface area contributed by atoms with E-state index in [0.717, 1.165) is 12.8 Å². The summed E-state index contributed by atoms with van der Waals surface area (Å²) in [5.41, 5.74) is 0. The molecule has 3 heteroatoms. The first-order chi connectivity index (χ1) is 2.41. The van der Waals surface area contributed by atoms with E-state index in [0.29, 0.717) is 6.61 Å². The second-order valence-corrected chi connectivity index (χ2v) is 1.08. The van der Waals surface area contributed by atoms with Crippen LogP contribution in [0.3, 0.4) is 0 Å². The maximum Gasteiger partial charge on any atom is 0.0430 e. The largest absolute Gasteiger partial charge is 1.00 e. The van der Waals surface area contributed by atoms with Crippen LogP contribution in [0.15, 0.2) is 0 Å². The van der Waals surface area contributed by atoms with Gasteiger partial charge in [0.1, 0.15) is 0 Å². The molecular formula is C4H10ClOZn-. The Morgan fingerprint density at radius 3 is 1.86 bits per heavy atom. The Hall–Kier alpha value is 0.873. The maximum absolute atomic E-state index is 8.07. The van der Waals surface area contributed by atoms with Crippen LogP contribution >= 0.6 is 0 Å². The zero-order chi connectivity index (χ0) is 4.12. The Morgan fingerprint density at radius 1 is 1.43 bits per heavy atom. The molecule has 0 saturated heterocycles. The van der Waals surface area contributed by atoms with Gasteiger partial charge in [0.15, 0.2) is 0 Å². The fourth-order valence-electron chi connectivity index (χ4n) is 0.158. The number of hydrogen-bond acceptors (Lipinski definition) is 1. The van der Waals surface area contributed by atoms with Crippen LogP contribution in [0.1, 0.15) is 19.8 Å². The van der Waals surface area contributed by atoms with Crippen LogP contribution in [-0.2, 0) is 19.5 Å². The topological polar surface area (TPSA) is 20.2 Å². The van der Waals surface area contributed by atoms with E-state index in [4.69, 9.17) is 5.11 Å². The van der Waals surface area contributed by atoms with Gasteiger partial charge in [0.05, 0.1) is 0 Å². The summed E-state index contributed by atoms with van der Waals surface area (Å²) in [4.78, 5) is 0. The minimum absolute atomic E-state index is 0. The fourth-order valence-corrected chi connectivity index (χ4v) is 0.158. The number of aliphatic hydroxyl groups is 1. The molecule has 0 radical (unpaired) electrons. The van der Waals surface area contributed by atoms with Crippen molar-refractivity contribution in [1.82, 2.24) is 0 Å². The van der Waals surface area contributed by atoms with Gasteiger partial charge in [-0.1, -0.05) is 13.3 Å². The van der Waals surface area contributed by atoms with Crippen LogP contribution in [0.4, 0.5) is 0 Å². The molecule has 0 heterocycles. The fraction of sp³-hybridized carbons (Fsp3) is 1.00. The number of aliphatic hydroxyl groups excluding tert-OH is 1. The number of unbranched alkanes of at least 4 members (excludes halogenated alkanes) is 1. The molecule has 0 saturated carbocycles. The number of hydrogen-bond donors (Lipinski definition) is 1. The zero-order valence-electron chi connectivity index (χ0n) is 4.65. The average molecular weight is 175 g/mol. The second-order valence-electron chi connectivity index (χ2n) is 1.08. The predicted octanol–water partition coefficient (Wildman–Crippen LogP) is -2.22. The molecule has 1 nitrogen and oxygen atoms in total. The SMILES string of the molecule is CCCCO.[Cl-].[Zn]. The summed E-state index contributed by atoms with van der Waals surface area (Å²) in [6.07, 6.45) is 2.04. The summed E-state index contributed by atoms with van der Waals surface area (Å²) in [5.74, 6) is 0. The summed E-state index contributed by atoms with van der Waals surface area (Å²) in [6.45, 7) is 2.40. The predicted molar refractivity (Wildman–Crippen MR) is 22.0 cm³/mol. The molecule has 0 atom stereocenters. The van der Waals surface area contributed by atoms with Crippen LogP contribution in [-0.4, -0.2) is 11.7 Å². The summed E-state index contributed by atoms with van der Waals surface area (Å²) in [5, 5.41) is 8.07. The molecular weight excluding hydrogens is 165 g/mol. The minimum Gasteiger partial charge on any atom is -1.00 e. The Kier molecular flexibility index (Phi) is 35.4. The first-order valence-electron chi connectivity index (χ1n) is 2.02. The van der Waals surface area contributed by atoms with Gasteiger partial charge in [-0.2, -0.15) is 0 Å². The molecule has 0 aromatic carbocycles. The van der Waals surface area contributed by atoms with Crippen LogP contribution in [0.2, 0.25) is 0 Å². The van der Waals surface area contributed by atoms with E-state index in [1.54, 1.807) is 0 Å². The number of rotatable bonds is 2. The van der Waals surface area contributed by atoms with Gasteiger partial charge >= 0.3 is 0 Å². The van der Waals surface area contributed by atoms with Crippen molar-refractivity contribution < 1.29 is 37.0 Å². The Labute approximate surface area is 63.7 Å². The van der Waals surface area contributed by atoms with Crippen molar-refractivity contribution in [3.8, 4) is 0 Å². The first-order valence-corrected chi connectivity index (χ1v) is 2.02. The van der Waals surface area contributed by atoms with Crippen LogP contribution < -0.4 is 12.4 Å². The molecule has 0 aliphatic carbocycles. The summed E-state index contributed by atoms with van der Waals surface area (Å²) in [7, 11) is 0. The molecule has 1 N–H and O–H groups in total. The maximum atomic E-state index is 8.07. The zero-order valence-corrected chi connectivity index (χ0v) is 8.38. The smallest absolute Gasteiger partial charge is 0.0430 e. The molecule has 0 aliphatic heterocycles. The molecule has 0 bridgehead atoms. The van der Waals surface area contributed by atoms with Crippen molar-refractivity contribution in [2.75, 3.05) is 6.61 Å². The van der Waals surface area contributed by atoms with Gasteiger partial charge < -0.3 is 17.5 Å². The minimum atomic E-state index is 0. The summed E-state index contributed by atoms with van der Waals surface area (Å²) < 4.78 is 0.